The van der Waals surface area contributed by atoms with Gasteiger partial charge in [0.1, 0.15) is 0 Å². The molecule has 1 aliphatic heterocycles. The number of carbonyl (C=O) groups excluding carboxylic acids is 3. The average molecular weight is 351 g/mol. The lowest BCUT2D eigenvalue weighted by Crippen LogP contribution is -2.28. The maximum Gasteiger partial charge on any atom is 0.261 e. The monoisotopic (exact) mass is 351 g/mol. The minimum Gasteiger partial charge on any atom is -0.504 e. The largest absolute Gasteiger partial charge is 0.504 e. The first kappa shape index (κ1) is 17.4. The molecule has 3 rings (SSSR count). The quantitative estimate of drug-likeness (QED) is 0.520. The Balaban J connectivity index is 1.90. The van der Waals surface area contributed by atoms with E-state index in [-0.39, 0.29) is 29.6 Å². The van der Waals surface area contributed by atoms with Gasteiger partial charge in [0, 0.05) is 11.1 Å². The number of ether oxygens (including phenoxy) is 1. The minimum atomic E-state index is -0.405. The van der Waals surface area contributed by atoms with Gasteiger partial charge in [-0.3, -0.25) is 14.4 Å². The van der Waals surface area contributed by atoms with E-state index in [0.717, 1.165) is 4.90 Å². The molecule has 1 saturated heterocycles. The topological polar surface area (TPSA) is 83.9 Å². The number of rotatable bonds is 4. The normalized spacial score (nSPS) is 15.6. The first-order valence-corrected chi connectivity index (χ1v) is 7.96. The number of carbonyl (C=O) groups is 3. The van der Waals surface area contributed by atoms with Crippen molar-refractivity contribution in [1.29, 1.82) is 0 Å². The Morgan fingerprint density at radius 2 is 1.85 bits per heavy atom. The number of nitrogens with zero attached hydrogens (tertiary/aromatic N) is 1. The Morgan fingerprint density at radius 3 is 2.46 bits per heavy atom. The van der Waals surface area contributed by atoms with E-state index in [1.54, 1.807) is 42.5 Å². The minimum absolute atomic E-state index is 0.00402. The maximum absolute atomic E-state index is 12.7. The molecule has 1 heterocycles. The van der Waals surface area contributed by atoms with Gasteiger partial charge < -0.3 is 9.84 Å². The molecule has 0 aliphatic carbocycles. The Hall–Kier alpha value is -3.41. The zero-order valence-corrected chi connectivity index (χ0v) is 14.4. The summed E-state index contributed by atoms with van der Waals surface area (Å²) in [4.78, 5) is 37.4. The summed E-state index contributed by atoms with van der Waals surface area (Å²) in [6.45, 7) is 1.45. The van der Waals surface area contributed by atoms with Crippen molar-refractivity contribution < 1.29 is 24.2 Å². The van der Waals surface area contributed by atoms with E-state index < -0.39 is 5.91 Å². The number of aromatic hydroxyl groups is 1. The van der Waals surface area contributed by atoms with Crippen LogP contribution in [0.1, 0.15) is 29.3 Å². The number of ketones is 1. The molecular weight excluding hydrogens is 334 g/mol. The van der Waals surface area contributed by atoms with Crippen molar-refractivity contribution in [2.45, 2.75) is 13.3 Å². The lowest BCUT2D eigenvalue weighted by atomic mass is 10.1. The van der Waals surface area contributed by atoms with Crippen LogP contribution in [0.25, 0.3) is 6.08 Å². The van der Waals surface area contributed by atoms with E-state index >= 15 is 0 Å². The summed E-state index contributed by atoms with van der Waals surface area (Å²) in [5.41, 5.74) is 1.93. The number of phenols is 1. The Labute approximate surface area is 150 Å². The highest BCUT2D eigenvalue weighted by Gasteiger charge is 2.34. The molecule has 2 amide bonds. The summed E-state index contributed by atoms with van der Waals surface area (Å²) in [5.74, 6) is -0.541. The summed E-state index contributed by atoms with van der Waals surface area (Å²) in [5, 5.41) is 9.64. The summed E-state index contributed by atoms with van der Waals surface area (Å²) >= 11 is 0. The van der Waals surface area contributed by atoms with E-state index in [1.165, 1.54) is 20.1 Å². The fourth-order valence-corrected chi connectivity index (χ4v) is 2.78. The molecule has 26 heavy (non-hydrogen) atoms. The van der Waals surface area contributed by atoms with Crippen LogP contribution < -0.4 is 9.64 Å². The van der Waals surface area contributed by atoms with E-state index in [0.29, 0.717) is 22.4 Å². The molecule has 0 spiro atoms. The fourth-order valence-electron chi connectivity index (χ4n) is 2.78. The van der Waals surface area contributed by atoms with Crippen LogP contribution in [0.3, 0.4) is 0 Å². The third-order valence-corrected chi connectivity index (χ3v) is 4.15. The molecule has 2 aromatic rings. The van der Waals surface area contributed by atoms with Crippen molar-refractivity contribution in [2.24, 2.45) is 0 Å². The standard InChI is InChI=1S/C20H17NO5/c1-12(22)14-4-6-16(7-5-14)21-19(24)11-15(20(21)25)9-13-3-8-17(23)18(10-13)26-2/h3-10,23H,11H2,1-2H3. The summed E-state index contributed by atoms with van der Waals surface area (Å²) in [6.07, 6.45) is 1.59. The molecule has 0 unspecified atom stereocenters. The van der Waals surface area contributed by atoms with E-state index in [2.05, 4.69) is 0 Å². The first-order chi connectivity index (χ1) is 12.4. The van der Waals surface area contributed by atoms with Crippen LogP contribution in [0.4, 0.5) is 5.69 Å². The van der Waals surface area contributed by atoms with Gasteiger partial charge in [-0.15, -0.1) is 0 Å². The molecular formula is C20H17NO5. The molecule has 0 radical (unpaired) electrons. The van der Waals surface area contributed by atoms with Crippen molar-refractivity contribution in [3.8, 4) is 11.5 Å². The van der Waals surface area contributed by atoms with Crippen LogP contribution in [0.5, 0.6) is 11.5 Å². The number of benzene rings is 2. The maximum atomic E-state index is 12.7. The second-order valence-electron chi connectivity index (χ2n) is 5.92. The lowest BCUT2D eigenvalue weighted by molar-refractivity contribution is -0.120. The van der Waals surface area contributed by atoms with Gasteiger partial charge in [-0.2, -0.15) is 0 Å². The van der Waals surface area contributed by atoms with Crippen LogP contribution in [0, 0.1) is 0 Å². The summed E-state index contributed by atoms with van der Waals surface area (Å²) in [6, 6.07) is 11.0. The molecule has 0 bridgehead atoms. The number of hydrogen-bond donors (Lipinski definition) is 1. The van der Waals surface area contributed by atoms with Crippen LogP contribution >= 0.6 is 0 Å². The van der Waals surface area contributed by atoms with Crippen LogP contribution in [0.2, 0.25) is 0 Å². The van der Waals surface area contributed by atoms with Gasteiger partial charge in [0.2, 0.25) is 5.91 Å². The van der Waals surface area contributed by atoms with Gasteiger partial charge >= 0.3 is 0 Å². The molecule has 0 atom stereocenters. The Morgan fingerprint density at radius 1 is 1.15 bits per heavy atom. The number of hydrogen-bond acceptors (Lipinski definition) is 5. The predicted molar refractivity (Wildman–Crippen MR) is 96.2 cm³/mol. The highest BCUT2D eigenvalue weighted by Crippen LogP contribution is 2.30. The molecule has 0 saturated carbocycles. The molecule has 6 heteroatoms. The Bertz CT molecular complexity index is 928. The second-order valence-corrected chi connectivity index (χ2v) is 5.92. The van der Waals surface area contributed by atoms with Gasteiger partial charge in [-0.1, -0.05) is 6.07 Å². The predicted octanol–water partition coefficient (Wildman–Crippen LogP) is 2.95. The van der Waals surface area contributed by atoms with Crippen molar-refractivity contribution in [3.63, 3.8) is 0 Å². The van der Waals surface area contributed by atoms with Crippen molar-refractivity contribution in [3.05, 3.63) is 59.2 Å². The average Bonchev–Trinajstić information content (AvgIpc) is 2.90. The number of Topliss-reactive ketones (excluding diaryl/α,β-unsaturated/α-hetero) is 1. The van der Waals surface area contributed by atoms with Gasteiger partial charge in [0.05, 0.1) is 19.2 Å². The first-order valence-electron chi connectivity index (χ1n) is 7.96. The van der Waals surface area contributed by atoms with E-state index in [1.807, 2.05) is 0 Å². The van der Waals surface area contributed by atoms with E-state index in [4.69, 9.17) is 4.74 Å². The van der Waals surface area contributed by atoms with Gasteiger partial charge in [0.25, 0.3) is 5.91 Å². The summed E-state index contributed by atoms with van der Waals surface area (Å²) < 4.78 is 5.05. The van der Waals surface area contributed by atoms with Gasteiger partial charge in [-0.05, 0) is 55.0 Å². The van der Waals surface area contributed by atoms with Crippen LogP contribution in [-0.2, 0) is 9.59 Å². The highest BCUT2D eigenvalue weighted by molar-refractivity contribution is 6.29. The second kappa shape index (κ2) is 6.84. The molecule has 1 aliphatic rings. The highest BCUT2D eigenvalue weighted by atomic mass is 16.5. The zero-order chi connectivity index (χ0) is 18.8. The number of methoxy groups -OCH3 is 1. The van der Waals surface area contributed by atoms with Crippen molar-refractivity contribution in [2.75, 3.05) is 12.0 Å². The molecule has 1 N–H and O–H groups in total. The van der Waals surface area contributed by atoms with Crippen molar-refractivity contribution >= 4 is 29.4 Å². The molecule has 0 aromatic heterocycles. The molecule has 1 fully saturated rings. The SMILES string of the molecule is COc1cc(C=C2CC(=O)N(c3ccc(C(C)=O)cc3)C2=O)ccc1O. The fraction of sp³-hybridized carbons (Fsp3) is 0.150. The van der Waals surface area contributed by atoms with Crippen LogP contribution in [0.15, 0.2) is 48.0 Å². The van der Waals surface area contributed by atoms with Gasteiger partial charge in [0.15, 0.2) is 17.3 Å². The summed E-state index contributed by atoms with van der Waals surface area (Å²) in [7, 11) is 1.43. The Kier molecular flexibility index (Phi) is 4.58. The van der Waals surface area contributed by atoms with Gasteiger partial charge in [-0.25, -0.2) is 4.90 Å². The number of anilines is 1. The lowest BCUT2D eigenvalue weighted by Gasteiger charge is -2.13. The van der Waals surface area contributed by atoms with Crippen molar-refractivity contribution in [1.82, 2.24) is 0 Å². The number of phenolic OH excluding ortho intramolecular Hbond substituents is 1. The zero-order valence-electron chi connectivity index (χ0n) is 14.4. The number of amides is 2. The molecule has 6 nitrogen and oxygen atoms in total. The smallest absolute Gasteiger partial charge is 0.261 e. The van der Waals surface area contributed by atoms with E-state index in [9.17, 15) is 19.5 Å². The third kappa shape index (κ3) is 3.21. The number of imide groups is 1. The molecule has 132 valence electrons. The van der Waals surface area contributed by atoms with Crippen LogP contribution in [-0.4, -0.2) is 29.8 Å². The third-order valence-electron chi connectivity index (χ3n) is 4.15. The molecule has 2 aromatic carbocycles.